The molecule has 44 heavy (non-hydrogen) atoms. The zero-order valence-electron chi connectivity index (χ0n) is 26.6. The van der Waals surface area contributed by atoms with Crippen molar-refractivity contribution in [3.8, 4) is 5.75 Å². The first kappa shape index (κ1) is 36.2. The molecule has 0 saturated heterocycles. The SMILES string of the molecule is COC(=O)c1nc(NCCCc2c(Cl)nnc(Cl)c2C)sc1CCCOc1ccc(CCCO[Si](C)(C)C(C)(C)C)cc1F. The van der Waals surface area contributed by atoms with Crippen LogP contribution in [0.3, 0.4) is 0 Å². The van der Waals surface area contributed by atoms with E-state index in [1.807, 2.05) is 13.0 Å². The number of nitrogens with zero attached hydrogens (tertiary/aromatic N) is 3. The highest BCUT2D eigenvalue weighted by Crippen LogP contribution is 2.36. The number of esters is 1. The molecular formula is C31H43Cl2FN4O4SSi. The van der Waals surface area contributed by atoms with Crippen LogP contribution in [0.25, 0.3) is 0 Å². The van der Waals surface area contributed by atoms with Gasteiger partial charge in [-0.3, -0.25) is 0 Å². The van der Waals surface area contributed by atoms with Crippen LogP contribution in [0.5, 0.6) is 5.75 Å². The molecule has 0 aliphatic heterocycles. The monoisotopic (exact) mass is 684 g/mol. The number of ether oxygens (including phenoxy) is 2. The molecule has 1 aromatic carbocycles. The smallest absolute Gasteiger partial charge is 0.357 e. The van der Waals surface area contributed by atoms with Crippen molar-refractivity contribution in [2.24, 2.45) is 0 Å². The van der Waals surface area contributed by atoms with Crippen molar-refractivity contribution in [3.05, 3.63) is 61.6 Å². The quantitative estimate of drug-likeness (QED) is 0.0912. The number of nitrogens with one attached hydrogen (secondary N) is 1. The second-order valence-corrected chi connectivity index (χ2v) is 18.7. The van der Waals surface area contributed by atoms with Crippen LogP contribution < -0.4 is 10.1 Å². The Bertz CT molecular complexity index is 1420. The van der Waals surface area contributed by atoms with Gasteiger partial charge in [0.15, 0.2) is 41.0 Å². The molecular weight excluding hydrogens is 642 g/mol. The molecule has 0 radical (unpaired) electrons. The second kappa shape index (κ2) is 16.3. The Labute approximate surface area is 275 Å². The van der Waals surface area contributed by atoms with E-state index in [4.69, 9.17) is 37.1 Å². The number of carbonyl (C=O) groups is 1. The lowest BCUT2D eigenvalue weighted by molar-refractivity contribution is 0.0593. The number of hydrogen-bond acceptors (Lipinski definition) is 9. The topological polar surface area (TPSA) is 95.5 Å². The summed E-state index contributed by atoms with van der Waals surface area (Å²) >= 11 is 13.6. The first-order valence-electron chi connectivity index (χ1n) is 14.8. The average molecular weight is 686 g/mol. The number of aromatic nitrogens is 3. The van der Waals surface area contributed by atoms with Crippen molar-refractivity contribution in [3.63, 3.8) is 0 Å². The Morgan fingerprint density at radius 1 is 1.05 bits per heavy atom. The molecule has 2 heterocycles. The number of halogens is 3. The summed E-state index contributed by atoms with van der Waals surface area (Å²) in [7, 11) is -0.451. The van der Waals surface area contributed by atoms with Crippen LogP contribution in [0.4, 0.5) is 9.52 Å². The van der Waals surface area contributed by atoms with Gasteiger partial charge in [0.05, 0.1) is 13.7 Å². The van der Waals surface area contributed by atoms with Gasteiger partial charge in [-0.05, 0) is 92.4 Å². The largest absolute Gasteiger partial charge is 0.491 e. The third-order valence-corrected chi connectivity index (χ3v) is 14.1. The minimum atomic E-state index is -1.78. The fourth-order valence-electron chi connectivity index (χ4n) is 4.16. The first-order valence-corrected chi connectivity index (χ1v) is 19.3. The molecule has 8 nitrogen and oxygen atoms in total. The molecule has 0 amide bonds. The third-order valence-electron chi connectivity index (χ3n) is 7.87. The number of methoxy groups -OCH3 is 1. The lowest BCUT2D eigenvalue weighted by atomic mass is 10.1. The highest BCUT2D eigenvalue weighted by Gasteiger charge is 2.36. The Hall–Kier alpha value is -2.31. The van der Waals surface area contributed by atoms with Crippen LogP contribution in [-0.4, -0.2) is 56.3 Å². The molecule has 3 rings (SSSR count). The molecule has 3 aromatic rings. The number of benzene rings is 1. The van der Waals surface area contributed by atoms with Crippen LogP contribution in [0.1, 0.15) is 72.1 Å². The maximum Gasteiger partial charge on any atom is 0.357 e. The van der Waals surface area contributed by atoms with Crippen LogP contribution in [-0.2, 0) is 28.4 Å². The lowest BCUT2D eigenvalue weighted by Crippen LogP contribution is -2.41. The highest BCUT2D eigenvalue weighted by atomic mass is 35.5. The summed E-state index contributed by atoms with van der Waals surface area (Å²) in [5, 5.41) is 12.4. The second-order valence-electron chi connectivity index (χ2n) is 12.1. The zero-order valence-corrected chi connectivity index (χ0v) is 29.9. The Kier molecular flexibility index (Phi) is 13.4. The summed E-state index contributed by atoms with van der Waals surface area (Å²) in [6.45, 7) is 14.6. The van der Waals surface area contributed by atoms with Gasteiger partial charge >= 0.3 is 5.97 Å². The van der Waals surface area contributed by atoms with E-state index in [0.29, 0.717) is 54.5 Å². The first-order chi connectivity index (χ1) is 20.7. The van der Waals surface area contributed by atoms with E-state index in [1.54, 1.807) is 6.07 Å². The number of aryl methyl sites for hydroxylation is 2. The van der Waals surface area contributed by atoms with Crippen LogP contribution in [0.2, 0.25) is 28.4 Å². The summed E-state index contributed by atoms with van der Waals surface area (Å²) in [6, 6.07) is 5.11. The van der Waals surface area contributed by atoms with Gasteiger partial charge in [0, 0.05) is 18.0 Å². The van der Waals surface area contributed by atoms with Crippen molar-refractivity contribution >= 4 is 54.0 Å². The van der Waals surface area contributed by atoms with Gasteiger partial charge in [0.25, 0.3) is 0 Å². The molecule has 0 aliphatic rings. The third kappa shape index (κ3) is 10.1. The van der Waals surface area contributed by atoms with E-state index in [2.05, 4.69) is 54.4 Å². The number of anilines is 1. The van der Waals surface area contributed by atoms with Crippen LogP contribution >= 0.6 is 34.5 Å². The van der Waals surface area contributed by atoms with Crippen molar-refractivity contribution < 1.29 is 23.1 Å². The molecule has 0 spiro atoms. The zero-order chi connectivity index (χ0) is 32.5. The summed E-state index contributed by atoms with van der Waals surface area (Å²) in [5.41, 5.74) is 2.87. The molecule has 0 unspecified atom stereocenters. The van der Waals surface area contributed by atoms with E-state index < -0.39 is 14.3 Å². The molecule has 13 heteroatoms. The molecule has 0 atom stereocenters. The minimum absolute atomic E-state index is 0.169. The molecule has 0 bridgehead atoms. The summed E-state index contributed by atoms with van der Waals surface area (Å²) < 4.78 is 31.6. The van der Waals surface area contributed by atoms with Gasteiger partial charge < -0.3 is 19.2 Å². The van der Waals surface area contributed by atoms with Gasteiger partial charge in [-0.25, -0.2) is 14.2 Å². The average Bonchev–Trinajstić information content (AvgIpc) is 3.37. The molecule has 0 saturated carbocycles. The number of rotatable bonds is 16. The maximum atomic E-state index is 14.7. The molecule has 0 aliphatic carbocycles. The number of hydrogen-bond donors (Lipinski definition) is 1. The maximum absolute atomic E-state index is 14.7. The van der Waals surface area contributed by atoms with Crippen molar-refractivity contribution in [2.45, 2.75) is 84.4 Å². The molecule has 1 N–H and O–H groups in total. The fraction of sp³-hybridized carbons (Fsp3) is 0.548. The molecule has 2 aromatic heterocycles. The summed E-state index contributed by atoms with van der Waals surface area (Å²) in [4.78, 5) is 17.6. The Morgan fingerprint density at radius 3 is 2.43 bits per heavy atom. The van der Waals surface area contributed by atoms with Crippen LogP contribution in [0, 0.1) is 12.7 Å². The van der Waals surface area contributed by atoms with E-state index >= 15 is 0 Å². The normalized spacial score (nSPS) is 12.0. The van der Waals surface area contributed by atoms with E-state index in [0.717, 1.165) is 40.8 Å². The number of thiazole rings is 1. The van der Waals surface area contributed by atoms with Crippen molar-refractivity contribution in [2.75, 3.05) is 32.2 Å². The predicted octanol–water partition coefficient (Wildman–Crippen LogP) is 8.48. The fourth-order valence-corrected chi connectivity index (χ4v) is 6.69. The van der Waals surface area contributed by atoms with Crippen LogP contribution in [0.15, 0.2) is 18.2 Å². The highest BCUT2D eigenvalue weighted by molar-refractivity contribution is 7.15. The van der Waals surface area contributed by atoms with Gasteiger partial charge in [0.1, 0.15) is 0 Å². The van der Waals surface area contributed by atoms with Gasteiger partial charge in [-0.2, -0.15) is 0 Å². The summed E-state index contributed by atoms with van der Waals surface area (Å²) in [6.07, 6.45) is 4.10. The van der Waals surface area contributed by atoms with Crippen molar-refractivity contribution in [1.82, 2.24) is 15.2 Å². The van der Waals surface area contributed by atoms with Gasteiger partial charge in [-0.15, -0.1) is 21.5 Å². The predicted molar refractivity (Wildman–Crippen MR) is 179 cm³/mol. The minimum Gasteiger partial charge on any atom is -0.491 e. The lowest BCUT2D eigenvalue weighted by Gasteiger charge is -2.36. The van der Waals surface area contributed by atoms with E-state index in [1.165, 1.54) is 24.5 Å². The van der Waals surface area contributed by atoms with Gasteiger partial charge in [-0.1, -0.05) is 50.0 Å². The van der Waals surface area contributed by atoms with Gasteiger partial charge in [0.2, 0.25) is 0 Å². The summed E-state index contributed by atoms with van der Waals surface area (Å²) in [5.74, 6) is -0.665. The van der Waals surface area contributed by atoms with E-state index in [9.17, 15) is 9.18 Å². The molecule has 0 fully saturated rings. The van der Waals surface area contributed by atoms with E-state index in [-0.39, 0.29) is 22.3 Å². The number of carbonyl (C=O) groups excluding carboxylic acids is 1. The van der Waals surface area contributed by atoms with Crippen molar-refractivity contribution in [1.29, 1.82) is 0 Å². The molecule has 242 valence electrons. The Morgan fingerprint density at radius 2 is 1.75 bits per heavy atom. The standard InChI is InChI=1S/C31H43Cl2FN4O4SSi/c1-20-22(28(33)38-37-27(20)32)12-8-16-35-30-36-26(29(39)40-5)25(43-30)13-10-17-41-24-15-14-21(19-23(24)34)11-9-18-42-44(6,7)31(2,3)4/h14-15,19H,8-13,16-18H2,1-7H3,(H,35,36). The Balaban J connectivity index is 1.47.